The Morgan fingerprint density at radius 1 is 1.30 bits per heavy atom. The van der Waals surface area contributed by atoms with Crippen LogP contribution in [0.5, 0.6) is 11.5 Å². The quantitative estimate of drug-likeness (QED) is 0.584. The van der Waals surface area contributed by atoms with Gasteiger partial charge in [-0.2, -0.15) is 0 Å². The van der Waals surface area contributed by atoms with Crippen LogP contribution >= 0.6 is 15.9 Å². The minimum atomic E-state index is 0. The molecule has 2 aromatic rings. The van der Waals surface area contributed by atoms with E-state index in [0.717, 1.165) is 15.6 Å². The summed E-state index contributed by atoms with van der Waals surface area (Å²) in [6.07, 6.45) is 3.50. The number of benzene rings is 1. The van der Waals surface area contributed by atoms with Gasteiger partial charge in [0, 0.05) is 31.0 Å². The van der Waals surface area contributed by atoms with Crippen LogP contribution in [0.2, 0.25) is 0 Å². The van der Waals surface area contributed by atoms with E-state index in [0.29, 0.717) is 31.2 Å². The number of hydrogen-bond acceptors (Lipinski definition) is 5. The number of hydrogen-bond donors (Lipinski definition) is 2. The van der Waals surface area contributed by atoms with E-state index in [-0.39, 0.29) is 19.0 Å². The molecule has 0 aliphatic heterocycles. The zero-order valence-electron chi connectivity index (χ0n) is 12.8. The summed E-state index contributed by atoms with van der Waals surface area (Å²) in [6.45, 7) is 1.74. The maximum atomic E-state index is 8.80. The number of methoxy groups -OCH3 is 1. The Labute approximate surface area is 150 Å². The molecule has 0 saturated carbocycles. The van der Waals surface area contributed by atoms with Crippen LogP contribution in [0.4, 0.5) is 0 Å². The Bertz CT molecular complexity index is 599. The van der Waals surface area contributed by atoms with E-state index in [4.69, 9.17) is 14.6 Å². The van der Waals surface area contributed by atoms with Crippen LogP contribution in [0.25, 0.3) is 0 Å². The van der Waals surface area contributed by atoms with Crippen LogP contribution in [0.15, 0.2) is 41.1 Å². The van der Waals surface area contributed by atoms with Crippen LogP contribution < -0.4 is 27.2 Å². The van der Waals surface area contributed by atoms with Gasteiger partial charge in [0.15, 0.2) is 11.5 Å². The minimum absolute atomic E-state index is 0. The number of halogens is 2. The molecule has 2 N–H and O–H groups in total. The van der Waals surface area contributed by atoms with Gasteiger partial charge >= 0.3 is 0 Å². The van der Waals surface area contributed by atoms with Crippen molar-refractivity contribution in [3.05, 3.63) is 52.3 Å². The lowest BCUT2D eigenvalue weighted by Gasteiger charge is -2.14. The lowest BCUT2D eigenvalue weighted by atomic mass is 10.2. The molecule has 0 radical (unpaired) electrons. The molecule has 5 nitrogen and oxygen atoms in total. The molecule has 0 aliphatic rings. The molecular formula is C16H19BrClN2O3-. The lowest BCUT2D eigenvalue weighted by Crippen LogP contribution is -3.00. The topological polar surface area (TPSA) is 63.6 Å². The van der Waals surface area contributed by atoms with Gasteiger partial charge in [-0.25, -0.2) is 0 Å². The zero-order valence-corrected chi connectivity index (χ0v) is 15.1. The molecule has 2 rings (SSSR count). The Balaban J connectivity index is 0.00000264. The van der Waals surface area contributed by atoms with Gasteiger partial charge in [-0.05, 0) is 39.7 Å². The number of pyridine rings is 1. The van der Waals surface area contributed by atoms with Crippen LogP contribution in [0, 0.1) is 0 Å². The van der Waals surface area contributed by atoms with Gasteiger partial charge in [0.1, 0.15) is 6.61 Å². The highest BCUT2D eigenvalue weighted by atomic mass is 79.9. The van der Waals surface area contributed by atoms with E-state index < -0.39 is 0 Å². The fourth-order valence-corrected chi connectivity index (χ4v) is 2.57. The highest BCUT2D eigenvalue weighted by molar-refractivity contribution is 9.10. The molecule has 23 heavy (non-hydrogen) atoms. The molecule has 0 amide bonds. The van der Waals surface area contributed by atoms with E-state index in [2.05, 4.69) is 26.2 Å². The second kappa shape index (κ2) is 10.4. The molecule has 0 saturated heterocycles. The third-order valence-electron chi connectivity index (χ3n) is 3.01. The molecule has 0 unspecified atom stereocenters. The fourth-order valence-electron chi connectivity index (χ4n) is 1.97. The number of aliphatic hydroxyl groups excluding tert-OH is 1. The predicted molar refractivity (Wildman–Crippen MR) is 88.1 cm³/mol. The van der Waals surface area contributed by atoms with E-state index in [9.17, 15) is 0 Å². The molecule has 0 spiro atoms. The van der Waals surface area contributed by atoms with Crippen molar-refractivity contribution in [3.8, 4) is 11.5 Å². The van der Waals surface area contributed by atoms with Crippen LogP contribution in [-0.2, 0) is 13.2 Å². The standard InChI is InChI=1S/C16H19BrN2O3.ClH/c1-21-15-8-13(10-19-5-6-20)7-14(17)16(15)22-11-12-3-2-4-18-9-12;/h2-4,7-9,19-20H,5-6,10-11H2,1H3;1H/p-1. The summed E-state index contributed by atoms with van der Waals surface area (Å²) in [5.74, 6) is 1.33. The van der Waals surface area contributed by atoms with E-state index in [1.54, 1.807) is 19.5 Å². The number of nitrogens with one attached hydrogen (secondary N) is 1. The summed E-state index contributed by atoms with van der Waals surface area (Å²) in [6, 6.07) is 7.74. The molecular weight excluding hydrogens is 384 g/mol. The third-order valence-corrected chi connectivity index (χ3v) is 3.60. The SMILES string of the molecule is COc1cc(CNCCO)cc(Br)c1OCc1cccnc1.[Cl-]. The predicted octanol–water partition coefficient (Wildman–Crippen LogP) is -0.482. The van der Waals surface area contributed by atoms with Gasteiger partial charge in [0.05, 0.1) is 18.2 Å². The molecule has 126 valence electrons. The van der Waals surface area contributed by atoms with Crippen molar-refractivity contribution in [2.24, 2.45) is 0 Å². The van der Waals surface area contributed by atoms with Gasteiger partial charge in [-0.3, -0.25) is 4.98 Å². The number of rotatable bonds is 8. The van der Waals surface area contributed by atoms with Crippen molar-refractivity contribution in [2.75, 3.05) is 20.3 Å². The van der Waals surface area contributed by atoms with Crippen LogP contribution in [0.3, 0.4) is 0 Å². The number of aliphatic hydroxyl groups is 1. The third kappa shape index (κ3) is 5.99. The van der Waals surface area contributed by atoms with Crippen molar-refractivity contribution < 1.29 is 27.0 Å². The average molecular weight is 403 g/mol. The van der Waals surface area contributed by atoms with E-state index in [1.165, 1.54) is 0 Å². The molecule has 0 bridgehead atoms. The Kier molecular flexibility index (Phi) is 8.94. The van der Waals surface area contributed by atoms with Crippen LogP contribution in [-0.4, -0.2) is 30.4 Å². The van der Waals surface area contributed by atoms with Gasteiger partial charge in [0.25, 0.3) is 0 Å². The van der Waals surface area contributed by atoms with E-state index in [1.807, 2.05) is 24.3 Å². The number of ether oxygens (including phenoxy) is 2. The molecule has 7 heteroatoms. The highest BCUT2D eigenvalue weighted by Crippen LogP contribution is 2.37. The van der Waals surface area contributed by atoms with Crippen LogP contribution in [0.1, 0.15) is 11.1 Å². The Hall–Kier alpha value is -1.34. The summed E-state index contributed by atoms with van der Waals surface area (Å²) in [7, 11) is 1.61. The average Bonchev–Trinajstić information content (AvgIpc) is 2.54. The molecule has 0 aliphatic carbocycles. The maximum Gasteiger partial charge on any atom is 0.175 e. The summed E-state index contributed by atoms with van der Waals surface area (Å²) in [4.78, 5) is 4.07. The monoisotopic (exact) mass is 401 g/mol. The van der Waals surface area contributed by atoms with Gasteiger partial charge in [-0.15, -0.1) is 0 Å². The summed E-state index contributed by atoms with van der Waals surface area (Å²) >= 11 is 3.52. The second-order valence-corrected chi connectivity index (χ2v) is 5.51. The van der Waals surface area contributed by atoms with E-state index >= 15 is 0 Å². The molecule has 0 atom stereocenters. The molecule has 1 aromatic carbocycles. The molecule has 1 heterocycles. The Morgan fingerprint density at radius 2 is 2.13 bits per heavy atom. The normalized spacial score (nSPS) is 10.0. The second-order valence-electron chi connectivity index (χ2n) is 4.66. The summed E-state index contributed by atoms with van der Waals surface area (Å²) in [5, 5.41) is 11.9. The first-order chi connectivity index (χ1) is 10.7. The zero-order chi connectivity index (χ0) is 15.8. The Morgan fingerprint density at radius 3 is 2.78 bits per heavy atom. The highest BCUT2D eigenvalue weighted by Gasteiger charge is 2.12. The first-order valence-corrected chi connectivity index (χ1v) is 7.73. The first kappa shape index (κ1) is 19.7. The van der Waals surface area contributed by atoms with Gasteiger partial charge in [0.2, 0.25) is 0 Å². The number of nitrogens with zero attached hydrogens (tertiary/aromatic N) is 1. The fraction of sp³-hybridized carbons (Fsp3) is 0.312. The smallest absolute Gasteiger partial charge is 0.175 e. The number of aromatic nitrogens is 1. The van der Waals surface area contributed by atoms with Gasteiger partial charge < -0.3 is 32.3 Å². The van der Waals surface area contributed by atoms with Crippen molar-refractivity contribution in [2.45, 2.75) is 13.2 Å². The maximum absolute atomic E-state index is 8.80. The van der Waals surface area contributed by atoms with Crippen molar-refractivity contribution in [1.29, 1.82) is 0 Å². The minimum Gasteiger partial charge on any atom is -1.00 e. The van der Waals surface area contributed by atoms with Crippen molar-refractivity contribution in [3.63, 3.8) is 0 Å². The summed E-state index contributed by atoms with van der Waals surface area (Å²) < 4.78 is 12.1. The molecule has 1 aromatic heterocycles. The van der Waals surface area contributed by atoms with Gasteiger partial charge in [-0.1, -0.05) is 6.07 Å². The lowest BCUT2D eigenvalue weighted by molar-refractivity contribution is -0.00000608. The van der Waals surface area contributed by atoms with Crippen molar-refractivity contribution >= 4 is 15.9 Å². The molecule has 0 fully saturated rings. The summed E-state index contributed by atoms with van der Waals surface area (Å²) in [5.41, 5.74) is 2.04. The largest absolute Gasteiger partial charge is 1.00 e. The first-order valence-electron chi connectivity index (χ1n) is 6.94. The van der Waals surface area contributed by atoms with Crippen molar-refractivity contribution in [1.82, 2.24) is 10.3 Å².